The molecule has 2 aliphatic heterocycles. The molecule has 30 heavy (non-hydrogen) atoms. The molecule has 0 aliphatic carbocycles. The van der Waals surface area contributed by atoms with E-state index in [4.69, 9.17) is 0 Å². The number of nitrogens with zero attached hydrogens (tertiary/aromatic N) is 6. The third-order valence-corrected chi connectivity index (χ3v) is 5.76. The molecule has 7 heteroatoms. The Morgan fingerprint density at radius 3 is 2.20 bits per heavy atom. The van der Waals surface area contributed by atoms with Gasteiger partial charge in [0.1, 0.15) is 0 Å². The van der Waals surface area contributed by atoms with Gasteiger partial charge in [0.25, 0.3) is 0 Å². The molecule has 0 saturated carbocycles. The number of aromatic nitrogens is 2. The van der Waals surface area contributed by atoms with Gasteiger partial charge in [-0.3, -0.25) is 14.6 Å². The lowest BCUT2D eigenvalue weighted by atomic mass is 10.2. The number of carbonyl (C=O) groups excluding carboxylic acids is 1. The average Bonchev–Trinajstić information content (AvgIpc) is 2.81. The van der Waals surface area contributed by atoms with Crippen molar-refractivity contribution >= 4 is 17.9 Å². The minimum absolute atomic E-state index is 0.237. The number of hydrogen-bond acceptors (Lipinski definition) is 6. The van der Waals surface area contributed by atoms with E-state index in [9.17, 15) is 4.79 Å². The molecule has 2 aliphatic rings. The molecular formula is C23H30N6O. The van der Waals surface area contributed by atoms with Gasteiger partial charge in [0.2, 0.25) is 11.9 Å². The van der Waals surface area contributed by atoms with Crippen molar-refractivity contribution < 1.29 is 4.79 Å². The van der Waals surface area contributed by atoms with Gasteiger partial charge in [-0.1, -0.05) is 42.5 Å². The first-order chi connectivity index (χ1) is 14.8. The highest BCUT2D eigenvalue weighted by Crippen LogP contribution is 2.11. The van der Waals surface area contributed by atoms with Gasteiger partial charge in [-0.05, 0) is 11.6 Å². The van der Waals surface area contributed by atoms with Crippen molar-refractivity contribution in [2.24, 2.45) is 0 Å². The Morgan fingerprint density at radius 1 is 0.833 bits per heavy atom. The van der Waals surface area contributed by atoms with Crippen LogP contribution in [0.1, 0.15) is 5.56 Å². The highest BCUT2D eigenvalue weighted by Gasteiger charge is 2.25. The summed E-state index contributed by atoms with van der Waals surface area (Å²) in [6, 6.07) is 12.2. The maximum absolute atomic E-state index is 12.7. The molecule has 1 aromatic carbocycles. The van der Waals surface area contributed by atoms with Crippen LogP contribution in [-0.4, -0.2) is 96.0 Å². The second-order valence-corrected chi connectivity index (χ2v) is 7.81. The largest absolute Gasteiger partial charge is 0.338 e. The van der Waals surface area contributed by atoms with Crippen LogP contribution in [0.2, 0.25) is 0 Å². The Balaban J connectivity index is 1.16. The van der Waals surface area contributed by atoms with Crippen LogP contribution in [0.3, 0.4) is 0 Å². The molecule has 2 saturated heterocycles. The fraction of sp³-hybridized carbons (Fsp3) is 0.435. The fourth-order valence-electron chi connectivity index (χ4n) is 3.93. The van der Waals surface area contributed by atoms with Gasteiger partial charge in [0.15, 0.2) is 0 Å². The monoisotopic (exact) mass is 406 g/mol. The molecule has 1 aromatic heterocycles. The van der Waals surface area contributed by atoms with Crippen molar-refractivity contribution in [2.45, 2.75) is 0 Å². The smallest absolute Gasteiger partial charge is 0.236 e. The maximum Gasteiger partial charge on any atom is 0.236 e. The van der Waals surface area contributed by atoms with Crippen molar-refractivity contribution in [1.82, 2.24) is 24.7 Å². The van der Waals surface area contributed by atoms with E-state index in [1.807, 2.05) is 17.0 Å². The SMILES string of the molecule is O=C(CN1CCN(C/C=C/c2ccccc2)CC1)N1CCN(c2ncccn2)CC1. The molecule has 4 rings (SSSR count). The fourth-order valence-corrected chi connectivity index (χ4v) is 3.93. The van der Waals surface area contributed by atoms with Crippen LogP contribution in [0.15, 0.2) is 54.9 Å². The van der Waals surface area contributed by atoms with Crippen LogP contribution in [0.4, 0.5) is 5.95 Å². The van der Waals surface area contributed by atoms with Crippen LogP contribution in [-0.2, 0) is 4.79 Å². The lowest BCUT2D eigenvalue weighted by molar-refractivity contribution is -0.133. The summed E-state index contributed by atoms with van der Waals surface area (Å²) in [5.41, 5.74) is 1.24. The first kappa shape index (κ1) is 20.5. The van der Waals surface area contributed by atoms with E-state index < -0.39 is 0 Å². The second-order valence-electron chi connectivity index (χ2n) is 7.81. The highest BCUT2D eigenvalue weighted by atomic mass is 16.2. The number of rotatable bonds is 6. The van der Waals surface area contributed by atoms with Gasteiger partial charge in [0.05, 0.1) is 6.54 Å². The van der Waals surface area contributed by atoms with Crippen LogP contribution in [0, 0.1) is 0 Å². The Kier molecular flexibility index (Phi) is 7.05. The first-order valence-electron chi connectivity index (χ1n) is 10.7. The molecule has 0 unspecified atom stereocenters. The van der Waals surface area contributed by atoms with Gasteiger partial charge in [-0.15, -0.1) is 0 Å². The maximum atomic E-state index is 12.7. The van der Waals surface area contributed by atoms with Crippen molar-refractivity contribution in [2.75, 3.05) is 70.3 Å². The number of carbonyl (C=O) groups is 1. The molecular weight excluding hydrogens is 376 g/mol. The summed E-state index contributed by atoms with van der Waals surface area (Å²) in [5.74, 6) is 0.989. The molecule has 0 radical (unpaired) electrons. The summed E-state index contributed by atoms with van der Waals surface area (Å²) in [4.78, 5) is 30.2. The Labute approximate surface area is 178 Å². The summed E-state index contributed by atoms with van der Waals surface area (Å²) in [6.07, 6.45) is 7.93. The van der Waals surface area contributed by atoms with Gasteiger partial charge in [-0.2, -0.15) is 0 Å². The molecule has 3 heterocycles. The molecule has 1 amide bonds. The van der Waals surface area contributed by atoms with Crippen molar-refractivity contribution in [3.05, 3.63) is 60.4 Å². The van der Waals surface area contributed by atoms with Crippen molar-refractivity contribution in [3.63, 3.8) is 0 Å². The number of anilines is 1. The predicted octanol–water partition coefficient (Wildman–Crippen LogP) is 1.46. The molecule has 2 fully saturated rings. The minimum Gasteiger partial charge on any atom is -0.338 e. The highest BCUT2D eigenvalue weighted by molar-refractivity contribution is 5.78. The van der Waals surface area contributed by atoms with Gasteiger partial charge < -0.3 is 9.80 Å². The van der Waals surface area contributed by atoms with Crippen molar-refractivity contribution in [1.29, 1.82) is 0 Å². The van der Waals surface area contributed by atoms with E-state index >= 15 is 0 Å². The quantitative estimate of drug-likeness (QED) is 0.724. The zero-order valence-electron chi connectivity index (χ0n) is 17.4. The molecule has 0 atom stereocenters. The van der Waals surface area contributed by atoms with E-state index in [0.29, 0.717) is 6.54 Å². The lowest BCUT2D eigenvalue weighted by Gasteiger charge is -2.37. The van der Waals surface area contributed by atoms with Crippen LogP contribution in [0.25, 0.3) is 6.08 Å². The van der Waals surface area contributed by atoms with Crippen LogP contribution >= 0.6 is 0 Å². The zero-order chi connectivity index (χ0) is 20.6. The number of benzene rings is 1. The minimum atomic E-state index is 0.237. The van der Waals surface area contributed by atoms with Crippen LogP contribution < -0.4 is 4.90 Å². The number of piperazine rings is 2. The summed E-state index contributed by atoms with van der Waals surface area (Å²) < 4.78 is 0. The zero-order valence-corrected chi connectivity index (χ0v) is 17.4. The van der Waals surface area contributed by atoms with Gasteiger partial charge >= 0.3 is 0 Å². The van der Waals surface area contributed by atoms with Gasteiger partial charge in [-0.25, -0.2) is 9.97 Å². The van der Waals surface area contributed by atoms with Crippen LogP contribution in [0.5, 0.6) is 0 Å². The summed E-state index contributed by atoms with van der Waals surface area (Å²) >= 11 is 0. The summed E-state index contributed by atoms with van der Waals surface area (Å²) in [5, 5.41) is 0. The normalized spacial score (nSPS) is 18.8. The van der Waals surface area contributed by atoms with E-state index in [-0.39, 0.29) is 5.91 Å². The molecule has 2 aromatic rings. The number of hydrogen-bond donors (Lipinski definition) is 0. The molecule has 158 valence electrons. The third-order valence-electron chi connectivity index (χ3n) is 5.76. The Hall–Kier alpha value is -2.77. The molecule has 0 N–H and O–H groups in total. The van der Waals surface area contributed by atoms with E-state index in [1.165, 1.54) is 5.56 Å². The topological polar surface area (TPSA) is 55.8 Å². The van der Waals surface area contributed by atoms with E-state index in [2.05, 4.69) is 61.1 Å². The molecule has 0 spiro atoms. The summed E-state index contributed by atoms with van der Waals surface area (Å²) in [7, 11) is 0. The standard InChI is InChI=1S/C23H30N6O/c30-22(28-16-18-29(19-17-28)23-24-9-5-10-25-23)20-27-14-12-26(13-15-27)11-4-8-21-6-2-1-3-7-21/h1-10H,11-20H2/b8-4+. The van der Waals surface area contributed by atoms with Crippen molar-refractivity contribution in [3.8, 4) is 0 Å². The Morgan fingerprint density at radius 2 is 1.50 bits per heavy atom. The molecule has 0 bridgehead atoms. The Bertz CT molecular complexity index is 812. The predicted molar refractivity (Wildman–Crippen MR) is 119 cm³/mol. The third kappa shape index (κ3) is 5.64. The van der Waals surface area contributed by atoms with E-state index in [1.54, 1.807) is 12.4 Å². The van der Waals surface area contributed by atoms with E-state index in [0.717, 1.165) is 64.9 Å². The molecule has 7 nitrogen and oxygen atoms in total. The lowest BCUT2D eigenvalue weighted by Crippen LogP contribution is -2.54. The first-order valence-corrected chi connectivity index (χ1v) is 10.7. The summed E-state index contributed by atoms with van der Waals surface area (Å²) in [6.45, 7) is 8.44. The average molecular weight is 407 g/mol. The second kappa shape index (κ2) is 10.3. The van der Waals surface area contributed by atoms with Gasteiger partial charge in [0, 0.05) is 71.3 Å². The number of amides is 1.